The molecule has 0 saturated carbocycles. The summed E-state index contributed by atoms with van der Waals surface area (Å²) in [6, 6.07) is 1.16. The molecule has 0 aromatic carbocycles. The van der Waals surface area contributed by atoms with Gasteiger partial charge in [-0.25, -0.2) is 4.68 Å². The highest BCUT2D eigenvalue weighted by atomic mass is 32.2. The molecule has 1 aromatic rings. The lowest BCUT2D eigenvalue weighted by Crippen LogP contribution is -2.22. The molecule has 0 fully saturated rings. The molecule has 0 radical (unpaired) electrons. The number of hydrogen-bond acceptors (Lipinski definition) is 4. The van der Waals surface area contributed by atoms with Gasteiger partial charge in [-0.2, -0.15) is 16.9 Å². The Morgan fingerprint density at radius 3 is 3.08 bits per heavy atom. The van der Waals surface area contributed by atoms with Crippen molar-refractivity contribution in [3.63, 3.8) is 0 Å². The molecule has 0 aliphatic carbocycles. The van der Waals surface area contributed by atoms with Crippen LogP contribution in [-0.4, -0.2) is 26.9 Å². The van der Waals surface area contributed by atoms with Crippen LogP contribution in [0.1, 0.15) is 0 Å². The maximum atomic E-state index is 11.1. The highest BCUT2D eigenvalue weighted by molar-refractivity contribution is 7.98. The van der Waals surface area contributed by atoms with Gasteiger partial charge >= 0.3 is 0 Å². The Kier molecular flexibility index (Phi) is 3.16. The van der Waals surface area contributed by atoms with Crippen LogP contribution < -0.4 is 5.56 Å². The lowest BCUT2D eigenvalue weighted by atomic mass is 10.5. The molecule has 1 aromatic heterocycles. The maximum absolute atomic E-state index is 11.1. The Bertz CT molecular complexity index is 311. The zero-order valence-corrected chi connectivity index (χ0v) is 7.54. The number of thioether (sulfide) groups is 1. The molecule has 5 heteroatoms. The van der Waals surface area contributed by atoms with Crippen molar-refractivity contribution in [1.29, 1.82) is 0 Å². The van der Waals surface area contributed by atoms with E-state index in [0.717, 1.165) is 11.8 Å². The van der Waals surface area contributed by atoms with Crippen LogP contribution in [0, 0.1) is 0 Å². The molecule has 4 nitrogen and oxygen atoms in total. The molecule has 0 bridgehead atoms. The van der Waals surface area contributed by atoms with Crippen molar-refractivity contribution in [3.05, 3.63) is 22.6 Å². The fourth-order valence-electron chi connectivity index (χ4n) is 0.770. The first-order chi connectivity index (χ1) is 5.74. The summed E-state index contributed by atoms with van der Waals surface area (Å²) in [5.74, 6) is 0.762. The highest BCUT2D eigenvalue weighted by Crippen LogP contribution is 1.98. The minimum absolute atomic E-state index is 0.0830. The van der Waals surface area contributed by atoms with Gasteiger partial charge in [0.15, 0.2) is 0 Å². The largest absolute Gasteiger partial charge is 0.506 e. The quantitative estimate of drug-likeness (QED) is 0.738. The van der Waals surface area contributed by atoms with E-state index in [1.807, 2.05) is 6.26 Å². The Balaban J connectivity index is 2.80. The first kappa shape index (κ1) is 9.12. The van der Waals surface area contributed by atoms with Crippen molar-refractivity contribution >= 4 is 11.8 Å². The molecule has 0 amide bonds. The average molecular weight is 186 g/mol. The second-order valence-electron chi connectivity index (χ2n) is 2.27. The van der Waals surface area contributed by atoms with Gasteiger partial charge in [0, 0.05) is 11.8 Å². The van der Waals surface area contributed by atoms with Gasteiger partial charge < -0.3 is 5.11 Å². The van der Waals surface area contributed by atoms with Crippen LogP contribution in [0.4, 0.5) is 0 Å². The zero-order valence-electron chi connectivity index (χ0n) is 6.73. The number of rotatable bonds is 3. The molecule has 0 aliphatic rings. The fraction of sp³-hybridized carbons (Fsp3) is 0.429. The van der Waals surface area contributed by atoms with E-state index >= 15 is 0 Å². The second-order valence-corrected chi connectivity index (χ2v) is 3.25. The molecule has 0 aliphatic heterocycles. The van der Waals surface area contributed by atoms with Crippen LogP contribution in [0.3, 0.4) is 0 Å². The number of aromatic hydroxyl groups is 1. The number of hydrogen-bond donors (Lipinski definition) is 1. The molecule has 66 valence electrons. The van der Waals surface area contributed by atoms with Crippen molar-refractivity contribution < 1.29 is 5.11 Å². The molecule has 0 unspecified atom stereocenters. The smallest absolute Gasteiger partial charge is 0.270 e. The second kappa shape index (κ2) is 4.15. The minimum Gasteiger partial charge on any atom is -0.506 e. The third-order valence-corrected chi connectivity index (χ3v) is 1.95. The van der Waals surface area contributed by atoms with Crippen LogP contribution in [0.5, 0.6) is 5.75 Å². The van der Waals surface area contributed by atoms with Gasteiger partial charge in [-0.15, -0.1) is 0 Å². The molecule has 1 rings (SSSR count). The molecule has 1 N–H and O–H groups in total. The Hall–Kier alpha value is -0.970. The first-order valence-electron chi connectivity index (χ1n) is 3.49. The monoisotopic (exact) mass is 186 g/mol. The molecule has 1 heterocycles. The molecule has 12 heavy (non-hydrogen) atoms. The van der Waals surface area contributed by atoms with E-state index in [1.54, 1.807) is 11.8 Å². The Labute approximate surface area is 74.2 Å². The third kappa shape index (κ3) is 2.27. The predicted molar refractivity (Wildman–Crippen MR) is 48.5 cm³/mol. The Morgan fingerprint density at radius 1 is 1.75 bits per heavy atom. The fourth-order valence-corrected chi connectivity index (χ4v) is 1.13. The number of aromatic nitrogens is 2. The van der Waals surface area contributed by atoms with Crippen LogP contribution in [0.25, 0.3) is 0 Å². The summed E-state index contributed by atoms with van der Waals surface area (Å²) in [5.41, 5.74) is -0.260. The van der Waals surface area contributed by atoms with E-state index in [-0.39, 0.29) is 11.3 Å². The summed E-state index contributed by atoms with van der Waals surface area (Å²) in [7, 11) is 0. The van der Waals surface area contributed by atoms with Crippen molar-refractivity contribution in [3.8, 4) is 5.75 Å². The van der Waals surface area contributed by atoms with E-state index in [0.29, 0.717) is 6.54 Å². The minimum atomic E-state index is -0.260. The lowest BCUT2D eigenvalue weighted by molar-refractivity contribution is 0.461. The van der Waals surface area contributed by atoms with Crippen LogP contribution in [-0.2, 0) is 6.54 Å². The van der Waals surface area contributed by atoms with Gasteiger partial charge in [0.05, 0.1) is 12.7 Å². The number of nitrogens with zero attached hydrogens (tertiary/aromatic N) is 2. The van der Waals surface area contributed by atoms with Gasteiger partial charge in [-0.1, -0.05) is 0 Å². The van der Waals surface area contributed by atoms with E-state index < -0.39 is 0 Å². The van der Waals surface area contributed by atoms with Gasteiger partial charge in [-0.05, 0) is 6.26 Å². The van der Waals surface area contributed by atoms with E-state index in [2.05, 4.69) is 5.10 Å². The summed E-state index contributed by atoms with van der Waals surface area (Å²) in [6.45, 7) is 0.584. The van der Waals surface area contributed by atoms with E-state index in [9.17, 15) is 4.79 Å². The molecule has 0 saturated heterocycles. The average Bonchev–Trinajstić information content (AvgIpc) is 2.03. The summed E-state index contributed by atoms with van der Waals surface area (Å²) in [6.07, 6.45) is 3.23. The van der Waals surface area contributed by atoms with Crippen molar-refractivity contribution in [1.82, 2.24) is 9.78 Å². The predicted octanol–water partition coefficient (Wildman–Crippen LogP) is 0.312. The van der Waals surface area contributed by atoms with Gasteiger partial charge in [0.25, 0.3) is 5.56 Å². The molecule has 0 atom stereocenters. The standard InChI is InChI=1S/C7H10N2O2S/c1-12-3-2-9-7(11)4-6(10)5-8-9/h4-5,10H,2-3H2,1H3. The van der Waals surface area contributed by atoms with Crippen LogP contribution >= 0.6 is 11.8 Å². The van der Waals surface area contributed by atoms with Crippen molar-refractivity contribution in [2.24, 2.45) is 0 Å². The SMILES string of the molecule is CSCCn1ncc(O)cc1=O. The first-order valence-corrected chi connectivity index (χ1v) is 4.88. The van der Waals surface area contributed by atoms with E-state index in [1.165, 1.54) is 10.9 Å². The Morgan fingerprint density at radius 2 is 2.50 bits per heavy atom. The van der Waals surface area contributed by atoms with Crippen LogP contribution in [0.2, 0.25) is 0 Å². The van der Waals surface area contributed by atoms with Crippen LogP contribution in [0.15, 0.2) is 17.1 Å². The summed E-state index contributed by atoms with van der Waals surface area (Å²) in [4.78, 5) is 11.1. The van der Waals surface area contributed by atoms with Gasteiger partial charge in [0.1, 0.15) is 5.75 Å². The molecule has 0 spiro atoms. The molecular formula is C7H10N2O2S. The summed E-state index contributed by atoms with van der Waals surface area (Å²) in [5, 5.41) is 12.6. The lowest BCUT2D eigenvalue weighted by Gasteiger charge is -2.01. The maximum Gasteiger partial charge on any atom is 0.270 e. The van der Waals surface area contributed by atoms with Gasteiger partial charge in [0.2, 0.25) is 0 Å². The summed E-state index contributed by atoms with van der Waals surface area (Å²) >= 11 is 1.65. The van der Waals surface area contributed by atoms with E-state index in [4.69, 9.17) is 5.11 Å². The normalized spacial score (nSPS) is 10.1. The van der Waals surface area contributed by atoms with Gasteiger partial charge in [-0.3, -0.25) is 4.79 Å². The number of aryl methyl sites for hydroxylation is 1. The van der Waals surface area contributed by atoms with Crippen molar-refractivity contribution in [2.45, 2.75) is 6.54 Å². The summed E-state index contributed by atoms with van der Waals surface area (Å²) < 4.78 is 1.33. The topological polar surface area (TPSA) is 55.1 Å². The molecular weight excluding hydrogens is 176 g/mol. The zero-order chi connectivity index (χ0) is 8.97. The van der Waals surface area contributed by atoms with Crippen molar-refractivity contribution in [2.75, 3.05) is 12.0 Å². The third-order valence-electron chi connectivity index (χ3n) is 1.36. The highest BCUT2D eigenvalue weighted by Gasteiger charge is 1.96.